The summed E-state index contributed by atoms with van der Waals surface area (Å²) in [5.41, 5.74) is 3.63. The molecule has 0 spiro atoms. The topological polar surface area (TPSA) is 73.2 Å². The molecule has 0 saturated heterocycles. The lowest BCUT2D eigenvalue weighted by molar-refractivity contribution is -0.144. The number of amides is 1. The Morgan fingerprint density at radius 2 is 1.73 bits per heavy atom. The number of nitrogens with one attached hydrogen (secondary N) is 1. The van der Waals surface area contributed by atoms with Gasteiger partial charge in [0, 0.05) is 17.7 Å². The highest BCUT2D eigenvalue weighted by Crippen LogP contribution is 2.22. The number of aromatic nitrogens is 2. The highest BCUT2D eigenvalue weighted by molar-refractivity contribution is 6.31. The second-order valence-electron chi connectivity index (χ2n) is 7.87. The molecular weight excluding hydrogens is 438 g/mol. The minimum atomic E-state index is -0.617. The Morgan fingerprint density at radius 3 is 2.39 bits per heavy atom. The Bertz CT molecular complexity index is 1090. The number of nitrogens with zero attached hydrogens (tertiary/aromatic N) is 2. The van der Waals surface area contributed by atoms with E-state index < -0.39 is 5.97 Å². The van der Waals surface area contributed by atoms with Gasteiger partial charge in [0.1, 0.15) is 5.15 Å². The van der Waals surface area contributed by atoms with Crippen molar-refractivity contribution in [2.45, 2.75) is 39.3 Å². The fraction of sp³-hybridized carbons (Fsp3) is 0.269. The molecule has 1 N–H and O–H groups in total. The largest absolute Gasteiger partial charge is 0.452 e. The van der Waals surface area contributed by atoms with Gasteiger partial charge < -0.3 is 10.1 Å². The van der Waals surface area contributed by atoms with Crippen LogP contribution in [0.3, 0.4) is 0 Å². The third-order valence-electron chi connectivity index (χ3n) is 5.13. The lowest BCUT2D eigenvalue weighted by Gasteiger charge is -2.13. The van der Waals surface area contributed by atoms with Crippen LogP contribution in [0.5, 0.6) is 0 Å². The van der Waals surface area contributed by atoms with Gasteiger partial charge in [-0.05, 0) is 43.9 Å². The van der Waals surface area contributed by atoms with E-state index in [-0.39, 0.29) is 18.6 Å². The second-order valence-corrected chi connectivity index (χ2v) is 8.23. The summed E-state index contributed by atoms with van der Waals surface area (Å²) >= 11 is 6.45. The van der Waals surface area contributed by atoms with Crippen LogP contribution in [0.2, 0.25) is 5.15 Å². The SMILES string of the molecule is Cc1nn(Cc2ccccc2)c(Cl)c1/C=C/C(=O)OCC(=O)N[C@@H](C)CCc1ccccc1. The molecule has 0 bridgehead atoms. The van der Waals surface area contributed by atoms with Crippen molar-refractivity contribution in [2.24, 2.45) is 0 Å². The summed E-state index contributed by atoms with van der Waals surface area (Å²) in [6.45, 7) is 3.95. The zero-order valence-corrected chi connectivity index (χ0v) is 19.6. The molecule has 0 fully saturated rings. The van der Waals surface area contributed by atoms with Crippen molar-refractivity contribution >= 4 is 29.6 Å². The molecular formula is C26H28ClN3O3. The molecule has 3 aromatic rings. The standard InChI is InChI=1S/C26H28ClN3O3/c1-19(13-14-21-9-5-3-6-10-21)28-24(31)18-33-25(32)16-15-23-20(2)29-30(26(23)27)17-22-11-7-4-8-12-22/h3-12,15-16,19H,13-14,17-18H2,1-2H3,(H,28,31)/b16-15+/t19-/m0/s1. The molecule has 1 atom stereocenters. The van der Waals surface area contributed by atoms with Gasteiger partial charge in [-0.1, -0.05) is 72.3 Å². The number of carbonyl (C=O) groups is 2. The molecule has 172 valence electrons. The quantitative estimate of drug-likeness (QED) is 0.351. The summed E-state index contributed by atoms with van der Waals surface area (Å²) < 4.78 is 6.75. The van der Waals surface area contributed by atoms with Crippen LogP contribution in [0.1, 0.15) is 35.7 Å². The van der Waals surface area contributed by atoms with Gasteiger partial charge in [0.25, 0.3) is 5.91 Å². The van der Waals surface area contributed by atoms with Crippen molar-refractivity contribution in [1.29, 1.82) is 0 Å². The van der Waals surface area contributed by atoms with E-state index in [9.17, 15) is 9.59 Å². The Kier molecular flexibility index (Phi) is 8.84. The van der Waals surface area contributed by atoms with Crippen molar-refractivity contribution in [1.82, 2.24) is 15.1 Å². The summed E-state index contributed by atoms with van der Waals surface area (Å²) in [7, 11) is 0. The van der Waals surface area contributed by atoms with Crippen LogP contribution in [0.4, 0.5) is 0 Å². The summed E-state index contributed by atoms with van der Waals surface area (Å²) in [4.78, 5) is 24.2. The molecule has 1 aromatic heterocycles. The van der Waals surface area contributed by atoms with Gasteiger partial charge in [0.05, 0.1) is 12.2 Å². The zero-order valence-electron chi connectivity index (χ0n) is 18.8. The molecule has 0 radical (unpaired) electrons. The van der Waals surface area contributed by atoms with Crippen LogP contribution < -0.4 is 5.32 Å². The lowest BCUT2D eigenvalue weighted by atomic mass is 10.1. The van der Waals surface area contributed by atoms with Crippen molar-refractivity contribution in [3.8, 4) is 0 Å². The summed E-state index contributed by atoms with van der Waals surface area (Å²) in [5, 5.41) is 7.73. The third-order valence-corrected chi connectivity index (χ3v) is 5.53. The van der Waals surface area contributed by atoms with E-state index in [1.54, 1.807) is 10.8 Å². The molecule has 3 rings (SSSR count). The second kappa shape index (κ2) is 12.0. The summed E-state index contributed by atoms with van der Waals surface area (Å²) in [6.07, 6.45) is 4.49. The maximum absolute atomic E-state index is 12.1. The Hall–Kier alpha value is -3.38. The number of hydrogen-bond acceptors (Lipinski definition) is 4. The van der Waals surface area contributed by atoms with Gasteiger partial charge >= 0.3 is 5.97 Å². The van der Waals surface area contributed by atoms with E-state index in [4.69, 9.17) is 16.3 Å². The highest BCUT2D eigenvalue weighted by atomic mass is 35.5. The predicted molar refractivity (Wildman–Crippen MR) is 130 cm³/mol. The minimum absolute atomic E-state index is 0.0242. The van der Waals surface area contributed by atoms with Crippen molar-refractivity contribution < 1.29 is 14.3 Å². The van der Waals surface area contributed by atoms with E-state index >= 15 is 0 Å². The average molecular weight is 466 g/mol. The molecule has 33 heavy (non-hydrogen) atoms. The molecule has 7 heteroatoms. The predicted octanol–water partition coefficient (Wildman–Crippen LogP) is 4.59. The Morgan fingerprint density at radius 1 is 1.09 bits per heavy atom. The minimum Gasteiger partial charge on any atom is -0.452 e. The van der Waals surface area contributed by atoms with Crippen LogP contribution in [0, 0.1) is 6.92 Å². The number of halogens is 1. The van der Waals surface area contributed by atoms with Crippen molar-refractivity contribution in [3.05, 3.63) is 94.3 Å². The number of aryl methyl sites for hydroxylation is 2. The highest BCUT2D eigenvalue weighted by Gasteiger charge is 2.13. The maximum Gasteiger partial charge on any atom is 0.331 e. The first-order valence-corrected chi connectivity index (χ1v) is 11.2. The fourth-order valence-corrected chi connectivity index (χ4v) is 3.67. The number of rotatable bonds is 10. The molecule has 2 aromatic carbocycles. The lowest BCUT2D eigenvalue weighted by Crippen LogP contribution is -2.36. The van der Waals surface area contributed by atoms with Crippen LogP contribution in [0.25, 0.3) is 6.08 Å². The average Bonchev–Trinajstić information content (AvgIpc) is 3.08. The maximum atomic E-state index is 12.1. The first kappa shape index (κ1) is 24.3. The molecule has 1 amide bonds. The van der Waals surface area contributed by atoms with Crippen molar-refractivity contribution in [2.75, 3.05) is 6.61 Å². The number of esters is 1. The molecule has 6 nitrogen and oxygen atoms in total. The first-order valence-electron chi connectivity index (χ1n) is 10.9. The van der Waals surface area contributed by atoms with Crippen LogP contribution in [-0.4, -0.2) is 34.3 Å². The number of carbonyl (C=O) groups excluding carboxylic acids is 2. The Labute approximate surface area is 199 Å². The smallest absolute Gasteiger partial charge is 0.331 e. The zero-order chi connectivity index (χ0) is 23.6. The first-order chi connectivity index (χ1) is 15.9. The third kappa shape index (κ3) is 7.61. The molecule has 0 aliphatic heterocycles. The van der Waals surface area contributed by atoms with Crippen LogP contribution >= 0.6 is 11.6 Å². The van der Waals surface area contributed by atoms with Crippen molar-refractivity contribution in [3.63, 3.8) is 0 Å². The fourth-order valence-electron chi connectivity index (χ4n) is 3.37. The molecule has 0 unspecified atom stereocenters. The van der Waals surface area contributed by atoms with Gasteiger partial charge in [-0.3, -0.25) is 4.79 Å². The van der Waals surface area contributed by atoms with E-state index in [0.29, 0.717) is 23.0 Å². The van der Waals surface area contributed by atoms with Gasteiger partial charge in [0.2, 0.25) is 0 Å². The van der Waals surface area contributed by atoms with Crippen LogP contribution in [0.15, 0.2) is 66.7 Å². The number of hydrogen-bond donors (Lipinski definition) is 1. The van der Waals surface area contributed by atoms with Gasteiger partial charge in [-0.2, -0.15) is 5.10 Å². The van der Waals surface area contributed by atoms with E-state index in [0.717, 1.165) is 18.4 Å². The van der Waals surface area contributed by atoms with Crippen LogP contribution in [-0.2, 0) is 27.3 Å². The summed E-state index contributed by atoms with van der Waals surface area (Å²) in [6, 6.07) is 19.9. The molecule has 0 aliphatic carbocycles. The van der Waals surface area contributed by atoms with Gasteiger partial charge in [-0.15, -0.1) is 0 Å². The molecule has 1 heterocycles. The van der Waals surface area contributed by atoms with E-state index in [1.165, 1.54) is 11.6 Å². The number of benzene rings is 2. The van der Waals surface area contributed by atoms with E-state index in [2.05, 4.69) is 22.5 Å². The van der Waals surface area contributed by atoms with E-state index in [1.807, 2.05) is 62.4 Å². The van der Waals surface area contributed by atoms with Gasteiger partial charge in [-0.25, -0.2) is 9.48 Å². The molecule has 0 saturated carbocycles. The van der Waals surface area contributed by atoms with Gasteiger partial charge in [0.15, 0.2) is 6.61 Å². The number of ether oxygens (including phenoxy) is 1. The molecule has 0 aliphatic rings. The summed E-state index contributed by atoms with van der Waals surface area (Å²) in [5.74, 6) is -0.949. The normalized spacial score (nSPS) is 12.0. The Balaban J connectivity index is 1.45. The monoisotopic (exact) mass is 465 g/mol.